The highest BCUT2D eigenvalue weighted by Gasteiger charge is 2.15. The van der Waals surface area contributed by atoms with E-state index in [9.17, 15) is 8.42 Å². The van der Waals surface area contributed by atoms with Gasteiger partial charge in [-0.15, -0.1) is 5.10 Å². The molecular weight excluding hydrogens is 336 g/mol. The summed E-state index contributed by atoms with van der Waals surface area (Å²) in [5.74, 6) is -0.455. The molecule has 0 unspecified atom stereocenters. The Morgan fingerprint density at radius 1 is 1.17 bits per heavy atom. The van der Waals surface area contributed by atoms with E-state index in [1.165, 1.54) is 4.68 Å². The maximum atomic E-state index is 12.3. The van der Waals surface area contributed by atoms with Crippen LogP contribution in [0.3, 0.4) is 0 Å². The van der Waals surface area contributed by atoms with Gasteiger partial charge in [0.15, 0.2) is 9.84 Å². The van der Waals surface area contributed by atoms with Crippen molar-refractivity contribution in [3.05, 3.63) is 54.1 Å². The van der Waals surface area contributed by atoms with Crippen LogP contribution in [-0.4, -0.2) is 34.6 Å². The first-order valence-corrected chi connectivity index (χ1v) is 8.80. The highest BCUT2D eigenvalue weighted by atomic mass is 35.5. The van der Waals surface area contributed by atoms with Crippen molar-refractivity contribution in [2.45, 2.75) is 11.8 Å². The van der Waals surface area contributed by atoms with Crippen molar-refractivity contribution in [2.75, 3.05) is 5.88 Å². The van der Waals surface area contributed by atoms with Crippen molar-refractivity contribution in [2.24, 2.45) is 4.99 Å². The fraction of sp³-hybridized carbons (Fsp3) is 0.133. The zero-order valence-electron chi connectivity index (χ0n) is 12.2. The Balaban J connectivity index is 1.88. The summed E-state index contributed by atoms with van der Waals surface area (Å²) in [6.45, 7) is 1.89. The van der Waals surface area contributed by atoms with Gasteiger partial charge < -0.3 is 0 Å². The first-order chi connectivity index (χ1) is 11.0. The quantitative estimate of drug-likeness (QED) is 0.538. The van der Waals surface area contributed by atoms with E-state index in [0.29, 0.717) is 11.0 Å². The molecule has 0 spiro atoms. The third-order valence-electron chi connectivity index (χ3n) is 3.27. The second-order valence-corrected chi connectivity index (χ2v) is 7.27. The first-order valence-electron chi connectivity index (χ1n) is 6.77. The molecule has 0 bridgehead atoms. The van der Waals surface area contributed by atoms with Crippen LogP contribution in [0.25, 0.3) is 11.0 Å². The molecule has 1 aromatic heterocycles. The van der Waals surface area contributed by atoms with E-state index in [1.54, 1.807) is 36.4 Å². The predicted octanol–water partition coefficient (Wildman–Crippen LogP) is 2.61. The summed E-state index contributed by atoms with van der Waals surface area (Å²) >= 11 is 6.09. The molecular formula is C15H13ClN4O2S. The molecule has 0 atom stereocenters. The van der Waals surface area contributed by atoms with Gasteiger partial charge in [-0.25, -0.2) is 13.4 Å². The van der Waals surface area contributed by atoms with Gasteiger partial charge in [-0.1, -0.05) is 35.0 Å². The SMILES string of the molecule is Cc1ccc(S(=O)(=O)C/N=C(/Cl)n2nnc3ccccc32)cc1. The Morgan fingerprint density at radius 3 is 2.61 bits per heavy atom. The van der Waals surface area contributed by atoms with Crippen LogP contribution in [0.2, 0.25) is 0 Å². The smallest absolute Gasteiger partial charge is 0.221 e. The van der Waals surface area contributed by atoms with E-state index in [0.717, 1.165) is 5.56 Å². The standard InChI is InChI=1S/C15H13ClN4O2S/c1-11-6-8-12(9-7-11)23(21,22)10-17-15(16)20-14-5-3-2-4-13(14)18-19-20/h2-9H,10H2,1H3/b17-15-. The number of para-hydroxylation sites is 1. The van der Waals surface area contributed by atoms with Crippen molar-refractivity contribution < 1.29 is 8.42 Å². The average molecular weight is 349 g/mol. The zero-order valence-corrected chi connectivity index (χ0v) is 13.8. The fourth-order valence-electron chi connectivity index (χ4n) is 2.03. The second-order valence-electron chi connectivity index (χ2n) is 4.97. The summed E-state index contributed by atoms with van der Waals surface area (Å²) in [7, 11) is -3.55. The maximum absolute atomic E-state index is 12.3. The molecule has 0 saturated carbocycles. The first kappa shape index (κ1) is 15.6. The van der Waals surface area contributed by atoms with Crippen LogP contribution in [0.15, 0.2) is 58.4 Å². The van der Waals surface area contributed by atoms with Gasteiger partial charge in [0.05, 0.1) is 10.4 Å². The lowest BCUT2D eigenvalue weighted by Crippen LogP contribution is -2.11. The molecule has 0 aliphatic heterocycles. The van der Waals surface area contributed by atoms with Gasteiger partial charge in [0, 0.05) is 0 Å². The Hall–Kier alpha value is -2.25. The van der Waals surface area contributed by atoms with Gasteiger partial charge in [-0.05, 0) is 42.8 Å². The van der Waals surface area contributed by atoms with Gasteiger partial charge >= 0.3 is 0 Å². The van der Waals surface area contributed by atoms with E-state index in [4.69, 9.17) is 11.6 Å². The number of aliphatic imine (C=N–C) groups is 1. The Morgan fingerprint density at radius 2 is 1.87 bits per heavy atom. The number of hydrogen-bond acceptors (Lipinski definition) is 5. The minimum absolute atomic E-state index is 0.0469. The number of aromatic nitrogens is 3. The second kappa shape index (κ2) is 6.10. The number of halogens is 1. The number of hydrogen-bond donors (Lipinski definition) is 0. The van der Waals surface area contributed by atoms with Gasteiger partial charge in [-0.2, -0.15) is 4.68 Å². The van der Waals surface area contributed by atoms with Crippen LogP contribution in [0.4, 0.5) is 0 Å². The summed E-state index contributed by atoms with van der Waals surface area (Å²) in [6.07, 6.45) is 0. The molecule has 0 radical (unpaired) electrons. The van der Waals surface area contributed by atoms with Crippen LogP contribution >= 0.6 is 11.6 Å². The highest BCUT2D eigenvalue weighted by molar-refractivity contribution is 7.91. The molecule has 0 fully saturated rings. The molecule has 3 rings (SSSR count). The van der Waals surface area contributed by atoms with Gasteiger partial charge in [0.25, 0.3) is 0 Å². The molecule has 118 valence electrons. The van der Waals surface area contributed by atoms with Crippen molar-refractivity contribution in [3.63, 3.8) is 0 Å². The van der Waals surface area contributed by atoms with Gasteiger partial charge in [0.2, 0.25) is 5.29 Å². The number of rotatable bonds is 3. The summed E-state index contributed by atoms with van der Waals surface area (Å²) in [5, 5.41) is 7.79. The molecule has 0 amide bonds. The van der Waals surface area contributed by atoms with Gasteiger partial charge in [0.1, 0.15) is 11.4 Å². The highest BCUT2D eigenvalue weighted by Crippen LogP contribution is 2.14. The molecule has 6 nitrogen and oxygen atoms in total. The summed E-state index contributed by atoms with van der Waals surface area (Å²) < 4.78 is 25.8. The zero-order chi connectivity index (χ0) is 16.4. The van der Waals surface area contributed by atoms with Crippen molar-refractivity contribution in [3.8, 4) is 0 Å². The fourth-order valence-corrected chi connectivity index (χ4v) is 3.28. The third kappa shape index (κ3) is 3.25. The third-order valence-corrected chi connectivity index (χ3v) is 5.01. The lowest BCUT2D eigenvalue weighted by atomic mass is 10.2. The Bertz CT molecular complexity index is 978. The van der Waals surface area contributed by atoms with E-state index < -0.39 is 15.7 Å². The normalized spacial score (nSPS) is 12.7. The molecule has 0 aliphatic carbocycles. The number of sulfone groups is 1. The van der Waals surface area contributed by atoms with E-state index in [2.05, 4.69) is 15.3 Å². The van der Waals surface area contributed by atoms with Crippen LogP contribution in [0, 0.1) is 6.92 Å². The molecule has 2 aromatic carbocycles. The van der Waals surface area contributed by atoms with Crippen molar-refractivity contribution in [1.29, 1.82) is 0 Å². The average Bonchev–Trinajstić information content (AvgIpc) is 2.97. The van der Waals surface area contributed by atoms with Crippen LogP contribution in [0.5, 0.6) is 0 Å². The summed E-state index contributed by atoms with van der Waals surface area (Å²) in [4.78, 5) is 4.15. The van der Waals surface area contributed by atoms with Crippen molar-refractivity contribution >= 4 is 37.8 Å². The molecule has 0 N–H and O–H groups in total. The van der Waals surface area contributed by atoms with Crippen LogP contribution < -0.4 is 0 Å². The lowest BCUT2D eigenvalue weighted by molar-refractivity contribution is 0.596. The van der Waals surface area contributed by atoms with Gasteiger partial charge in [-0.3, -0.25) is 0 Å². The van der Waals surface area contributed by atoms with E-state index >= 15 is 0 Å². The minimum Gasteiger partial charge on any atom is -0.239 e. The largest absolute Gasteiger partial charge is 0.239 e. The Labute approximate surface area is 138 Å². The molecule has 0 aliphatic rings. The van der Waals surface area contributed by atoms with Crippen LogP contribution in [0.1, 0.15) is 5.56 Å². The monoisotopic (exact) mass is 348 g/mol. The number of benzene rings is 2. The molecule has 8 heteroatoms. The van der Waals surface area contributed by atoms with Crippen LogP contribution in [-0.2, 0) is 9.84 Å². The predicted molar refractivity (Wildman–Crippen MR) is 89.4 cm³/mol. The molecule has 0 saturated heterocycles. The number of aryl methyl sites for hydroxylation is 1. The maximum Gasteiger partial charge on any atom is 0.221 e. The van der Waals surface area contributed by atoms with E-state index in [1.807, 2.05) is 19.1 Å². The lowest BCUT2D eigenvalue weighted by Gasteiger charge is -2.03. The topological polar surface area (TPSA) is 77.2 Å². The summed E-state index contributed by atoms with van der Waals surface area (Å²) in [5.41, 5.74) is 2.30. The number of fused-ring (bicyclic) bond motifs is 1. The van der Waals surface area contributed by atoms with E-state index in [-0.39, 0.29) is 10.2 Å². The minimum atomic E-state index is -3.55. The molecule has 3 aromatic rings. The van der Waals surface area contributed by atoms with Crippen molar-refractivity contribution in [1.82, 2.24) is 15.0 Å². The summed E-state index contributed by atoms with van der Waals surface area (Å²) in [6, 6.07) is 13.8. The molecule has 23 heavy (non-hydrogen) atoms. The molecule has 1 heterocycles. The number of nitrogens with zero attached hydrogens (tertiary/aromatic N) is 4. The Kier molecular flexibility index (Phi) is 4.14.